The van der Waals surface area contributed by atoms with Gasteiger partial charge in [-0.05, 0) is 43.7 Å². The van der Waals surface area contributed by atoms with Crippen LogP contribution in [0.25, 0.3) is 0 Å². The fourth-order valence-electron chi connectivity index (χ4n) is 2.32. The van der Waals surface area contributed by atoms with E-state index in [0.29, 0.717) is 36.0 Å². The minimum absolute atomic E-state index is 0.248. The number of anilines is 1. The first-order chi connectivity index (χ1) is 13.6. The Morgan fingerprint density at radius 1 is 1.07 bits per heavy atom. The number of nitrogens with one attached hydrogen (secondary N) is 1. The smallest absolute Gasteiger partial charge is 0.338 e. The van der Waals surface area contributed by atoms with Crippen molar-refractivity contribution in [2.75, 3.05) is 25.1 Å². The second kappa shape index (κ2) is 10.6. The molecule has 0 aromatic heterocycles. The van der Waals surface area contributed by atoms with Gasteiger partial charge in [-0.2, -0.15) is 5.26 Å². The van der Waals surface area contributed by atoms with Gasteiger partial charge >= 0.3 is 5.97 Å². The van der Waals surface area contributed by atoms with Crippen molar-refractivity contribution in [3.63, 3.8) is 0 Å². The number of hydrogen-bond donors (Lipinski definition) is 1. The van der Waals surface area contributed by atoms with Gasteiger partial charge in [-0.3, -0.25) is 4.79 Å². The van der Waals surface area contributed by atoms with Gasteiger partial charge in [0.05, 0.1) is 30.0 Å². The Kier molecular flexibility index (Phi) is 7.85. The van der Waals surface area contributed by atoms with Crippen LogP contribution in [0.1, 0.15) is 36.2 Å². The predicted octanol–water partition coefficient (Wildman–Crippen LogP) is 3.54. The van der Waals surface area contributed by atoms with E-state index in [0.717, 1.165) is 6.42 Å². The number of ether oxygens (including phenoxy) is 3. The van der Waals surface area contributed by atoms with Gasteiger partial charge in [-0.1, -0.05) is 19.1 Å². The van der Waals surface area contributed by atoms with Crippen molar-refractivity contribution in [1.82, 2.24) is 0 Å². The van der Waals surface area contributed by atoms with Gasteiger partial charge in [0.1, 0.15) is 6.07 Å². The van der Waals surface area contributed by atoms with Gasteiger partial charge in [-0.15, -0.1) is 0 Å². The molecule has 0 saturated carbocycles. The Balaban J connectivity index is 1.99. The van der Waals surface area contributed by atoms with Crippen LogP contribution in [0.3, 0.4) is 0 Å². The summed E-state index contributed by atoms with van der Waals surface area (Å²) in [5.74, 6) is -0.209. The van der Waals surface area contributed by atoms with Gasteiger partial charge in [0.2, 0.25) is 0 Å². The molecule has 28 heavy (non-hydrogen) atoms. The molecule has 2 aromatic rings. The first kappa shape index (κ1) is 20.8. The van der Waals surface area contributed by atoms with Gasteiger partial charge in [0.15, 0.2) is 18.1 Å². The highest BCUT2D eigenvalue weighted by atomic mass is 16.5. The van der Waals surface area contributed by atoms with E-state index in [1.165, 1.54) is 6.07 Å². The Hall–Kier alpha value is -3.53. The molecule has 2 rings (SSSR count). The molecule has 0 saturated heterocycles. The van der Waals surface area contributed by atoms with Crippen LogP contribution in [-0.2, 0) is 9.53 Å². The quantitative estimate of drug-likeness (QED) is 0.666. The summed E-state index contributed by atoms with van der Waals surface area (Å²) in [6.07, 6.45) is 0.847. The van der Waals surface area contributed by atoms with Gasteiger partial charge in [0.25, 0.3) is 5.91 Å². The molecule has 0 aliphatic rings. The number of rotatable bonds is 9. The van der Waals surface area contributed by atoms with Crippen molar-refractivity contribution in [3.05, 3.63) is 53.6 Å². The number of para-hydroxylation sites is 1. The van der Waals surface area contributed by atoms with Crippen molar-refractivity contribution in [2.24, 2.45) is 0 Å². The van der Waals surface area contributed by atoms with Crippen LogP contribution >= 0.6 is 0 Å². The van der Waals surface area contributed by atoms with Gasteiger partial charge in [0, 0.05) is 0 Å². The third-order valence-corrected chi connectivity index (χ3v) is 3.60. The maximum absolute atomic E-state index is 12.3. The first-order valence-electron chi connectivity index (χ1n) is 8.94. The van der Waals surface area contributed by atoms with Crippen LogP contribution in [0.5, 0.6) is 11.5 Å². The Labute approximate surface area is 163 Å². The van der Waals surface area contributed by atoms with Crippen LogP contribution in [0, 0.1) is 11.3 Å². The van der Waals surface area contributed by atoms with E-state index in [1.54, 1.807) is 36.4 Å². The van der Waals surface area contributed by atoms with E-state index in [-0.39, 0.29) is 5.56 Å². The number of esters is 1. The molecule has 7 nitrogen and oxygen atoms in total. The standard InChI is InChI=1S/C21H22N2O5/c1-3-11-27-18-10-9-15(12-19(18)26-4-2)21(25)28-14-20(24)23-17-8-6-5-7-16(17)13-22/h5-10,12H,3-4,11,14H2,1-2H3,(H,23,24). The average Bonchev–Trinajstić information content (AvgIpc) is 2.71. The van der Waals surface area contributed by atoms with E-state index in [4.69, 9.17) is 19.5 Å². The Morgan fingerprint density at radius 3 is 2.57 bits per heavy atom. The summed E-state index contributed by atoms with van der Waals surface area (Å²) in [6.45, 7) is 4.30. The predicted molar refractivity (Wildman–Crippen MR) is 103 cm³/mol. The topological polar surface area (TPSA) is 97.6 Å². The summed E-state index contributed by atoms with van der Waals surface area (Å²) in [5.41, 5.74) is 0.936. The molecule has 2 aromatic carbocycles. The molecule has 0 spiro atoms. The molecule has 0 heterocycles. The van der Waals surface area contributed by atoms with Crippen LogP contribution in [0.2, 0.25) is 0 Å². The van der Waals surface area contributed by atoms with Gasteiger partial charge < -0.3 is 19.5 Å². The molecule has 0 unspecified atom stereocenters. The highest BCUT2D eigenvalue weighted by Gasteiger charge is 2.15. The molecule has 0 fully saturated rings. The van der Waals surface area contributed by atoms with Crippen LogP contribution < -0.4 is 14.8 Å². The van der Waals surface area contributed by atoms with Crippen molar-refractivity contribution in [3.8, 4) is 17.6 Å². The third-order valence-electron chi connectivity index (χ3n) is 3.60. The van der Waals surface area contributed by atoms with E-state index < -0.39 is 18.5 Å². The summed E-state index contributed by atoms with van der Waals surface area (Å²) in [5, 5.41) is 11.6. The molecule has 0 atom stereocenters. The zero-order chi connectivity index (χ0) is 20.4. The number of nitriles is 1. The maximum atomic E-state index is 12.3. The number of nitrogens with zero attached hydrogens (tertiary/aromatic N) is 1. The van der Waals surface area contributed by atoms with E-state index in [9.17, 15) is 9.59 Å². The molecule has 1 amide bonds. The highest BCUT2D eigenvalue weighted by Crippen LogP contribution is 2.29. The molecule has 0 aliphatic heterocycles. The molecular formula is C21H22N2O5. The Morgan fingerprint density at radius 2 is 1.86 bits per heavy atom. The second-order valence-corrected chi connectivity index (χ2v) is 5.72. The number of amides is 1. The molecular weight excluding hydrogens is 360 g/mol. The fourth-order valence-corrected chi connectivity index (χ4v) is 2.32. The molecule has 0 bridgehead atoms. The van der Waals surface area contributed by atoms with Crippen LogP contribution in [-0.4, -0.2) is 31.7 Å². The number of carbonyl (C=O) groups is 2. The number of benzene rings is 2. The molecule has 0 aliphatic carbocycles. The van der Waals surface area contributed by atoms with Crippen molar-refractivity contribution in [2.45, 2.75) is 20.3 Å². The number of hydrogen-bond acceptors (Lipinski definition) is 6. The van der Waals surface area contributed by atoms with Gasteiger partial charge in [-0.25, -0.2) is 4.79 Å². The largest absolute Gasteiger partial charge is 0.490 e. The lowest BCUT2D eigenvalue weighted by molar-refractivity contribution is -0.119. The van der Waals surface area contributed by atoms with Crippen LogP contribution in [0.15, 0.2) is 42.5 Å². The van der Waals surface area contributed by atoms with Crippen molar-refractivity contribution >= 4 is 17.6 Å². The summed E-state index contributed by atoms with van der Waals surface area (Å²) in [7, 11) is 0. The lowest BCUT2D eigenvalue weighted by Gasteiger charge is -2.13. The van der Waals surface area contributed by atoms with E-state index in [1.807, 2.05) is 19.9 Å². The van der Waals surface area contributed by atoms with E-state index in [2.05, 4.69) is 5.32 Å². The summed E-state index contributed by atoms with van der Waals surface area (Å²) in [4.78, 5) is 24.3. The molecule has 7 heteroatoms. The lowest BCUT2D eigenvalue weighted by atomic mass is 10.2. The fraction of sp³-hybridized carbons (Fsp3) is 0.286. The monoisotopic (exact) mass is 382 g/mol. The normalized spacial score (nSPS) is 9.89. The van der Waals surface area contributed by atoms with Crippen molar-refractivity contribution in [1.29, 1.82) is 5.26 Å². The highest BCUT2D eigenvalue weighted by molar-refractivity contribution is 5.96. The zero-order valence-electron chi connectivity index (χ0n) is 15.9. The first-order valence-corrected chi connectivity index (χ1v) is 8.94. The molecule has 0 radical (unpaired) electrons. The summed E-state index contributed by atoms with van der Waals surface area (Å²) in [6, 6.07) is 13.3. The third kappa shape index (κ3) is 5.74. The average molecular weight is 382 g/mol. The SMILES string of the molecule is CCCOc1ccc(C(=O)OCC(=O)Nc2ccccc2C#N)cc1OCC. The van der Waals surface area contributed by atoms with Crippen molar-refractivity contribution < 1.29 is 23.8 Å². The molecule has 146 valence electrons. The van der Waals surface area contributed by atoms with Crippen LogP contribution in [0.4, 0.5) is 5.69 Å². The number of carbonyl (C=O) groups excluding carboxylic acids is 2. The summed E-state index contributed by atoms with van der Waals surface area (Å²) >= 11 is 0. The minimum Gasteiger partial charge on any atom is -0.490 e. The Bertz CT molecular complexity index is 873. The summed E-state index contributed by atoms with van der Waals surface area (Å²) < 4.78 is 16.2. The lowest BCUT2D eigenvalue weighted by Crippen LogP contribution is -2.21. The second-order valence-electron chi connectivity index (χ2n) is 5.72. The van der Waals surface area contributed by atoms with E-state index >= 15 is 0 Å². The minimum atomic E-state index is -0.660. The maximum Gasteiger partial charge on any atom is 0.338 e. The molecule has 1 N–H and O–H groups in total. The zero-order valence-corrected chi connectivity index (χ0v) is 15.9.